The Morgan fingerprint density at radius 3 is 2.29 bits per heavy atom. The number of hydrogen-bond acceptors (Lipinski definition) is 4. The zero-order chi connectivity index (χ0) is 22.4. The number of carbonyl (C=O) groups excluding carboxylic acids is 2. The van der Waals surface area contributed by atoms with Gasteiger partial charge in [0.15, 0.2) is 0 Å². The number of amides is 2. The van der Waals surface area contributed by atoms with Gasteiger partial charge in [-0.25, -0.2) is 8.42 Å². The molecule has 1 aliphatic rings. The summed E-state index contributed by atoms with van der Waals surface area (Å²) < 4.78 is 27.3. The molecule has 0 radical (unpaired) electrons. The van der Waals surface area contributed by atoms with Gasteiger partial charge in [-0.1, -0.05) is 24.3 Å². The predicted octanol–water partition coefficient (Wildman–Crippen LogP) is 3.06. The van der Waals surface area contributed by atoms with Crippen LogP contribution in [-0.4, -0.2) is 37.6 Å². The van der Waals surface area contributed by atoms with Gasteiger partial charge in [-0.15, -0.1) is 0 Å². The molecule has 2 aromatic rings. The maximum absolute atomic E-state index is 12.9. The predicted molar refractivity (Wildman–Crippen MR) is 120 cm³/mol. The Kier molecular flexibility index (Phi) is 7.46. The van der Waals surface area contributed by atoms with Crippen molar-refractivity contribution in [1.29, 1.82) is 0 Å². The number of aryl methyl sites for hydroxylation is 1. The lowest BCUT2D eigenvalue weighted by Crippen LogP contribution is -2.39. The van der Waals surface area contributed by atoms with Gasteiger partial charge in [0.1, 0.15) is 0 Å². The molecule has 0 unspecified atom stereocenters. The van der Waals surface area contributed by atoms with Crippen LogP contribution in [0.15, 0.2) is 53.4 Å². The van der Waals surface area contributed by atoms with Crippen LogP contribution >= 0.6 is 0 Å². The lowest BCUT2D eigenvalue weighted by molar-refractivity contribution is -0.122. The third kappa shape index (κ3) is 6.15. The molecule has 1 fully saturated rings. The summed E-state index contributed by atoms with van der Waals surface area (Å²) in [4.78, 5) is 23.6. The van der Waals surface area contributed by atoms with Crippen LogP contribution in [0.2, 0.25) is 0 Å². The maximum atomic E-state index is 12.9. The number of nitrogens with one attached hydrogen (secondary N) is 2. The second kappa shape index (κ2) is 10.1. The zero-order valence-corrected chi connectivity index (χ0v) is 18.7. The number of benzene rings is 2. The van der Waals surface area contributed by atoms with Crippen LogP contribution in [0.4, 0.5) is 5.69 Å². The van der Waals surface area contributed by atoms with Crippen molar-refractivity contribution in [3.63, 3.8) is 0 Å². The van der Waals surface area contributed by atoms with Crippen LogP contribution in [-0.2, 0) is 26.2 Å². The first-order chi connectivity index (χ1) is 14.8. The second-order valence-electron chi connectivity index (χ2n) is 7.96. The Bertz CT molecular complexity index is 1030. The van der Waals surface area contributed by atoms with Gasteiger partial charge in [0.25, 0.3) is 0 Å². The van der Waals surface area contributed by atoms with E-state index >= 15 is 0 Å². The molecule has 2 N–H and O–H groups in total. The van der Waals surface area contributed by atoms with Crippen LogP contribution in [0.3, 0.4) is 0 Å². The first kappa shape index (κ1) is 23.0. The molecule has 1 heterocycles. The third-order valence-electron chi connectivity index (χ3n) is 5.60. The van der Waals surface area contributed by atoms with E-state index in [0.29, 0.717) is 44.6 Å². The summed E-state index contributed by atoms with van der Waals surface area (Å²) in [6.07, 6.45) is 1.72. The Labute approximate surface area is 183 Å². The molecule has 3 rings (SSSR count). The van der Waals surface area contributed by atoms with Crippen molar-refractivity contribution >= 4 is 27.5 Å². The molecule has 0 aromatic heterocycles. The van der Waals surface area contributed by atoms with E-state index in [1.807, 2.05) is 31.2 Å². The Morgan fingerprint density at radius 2 is 1.68 bits per heavy atom. The fourth-order valence-corrected chi connectivity index (χ4v) is 5.22. The van der Waals surface area contributed by atoms with E-state index in [9.17, 15) is 18.0 Å². The number of nitrogens with zero attached hydrogens (tertiary/aromatic N) is 1. The molecule has 0 bridgehead atoms. The highest BCUT2D eigenvalue weighted by molar-refractivity contribution is 7.89. The summed E-state index contributed by atoms with van der Waals surface area (Å²) >= 11 is 0. The molecule has 2 amide bonds. The van der Waals surface area contributed by atoms with Crippen LogP contribution in [0.1, 0.15) is 37.3 Å². The molecular formula is C23H29N3O4S. The maximum Gasteiger partial charge on any atom is 0.243 e. The average molecular weight is 444 g/mol. The van der Waals surface area contributed by atoms with E-state index in [2.05, 4.69) is 10.6 Å². The largest absolute Gasteiger partial charge is 0.352 e. The van der Waals surface area contributed by atoms with Crippen LogP contribution in [0, 0.1) is 12.8 Å². The Hall–Kier alpha value is -2.71. The molecule has 1 saturated heterocycles. The van der Waals surface area contributed by atoms with Crippen molar-refractivity contribution < 1.29 is 18.0 Å². The summed E-state index contributed by atoms with van der Waals surface area (Å²) in [5.41, 5.74) is 2.80. The summed E-state index contributed by atoms with van der Waals surface area (Å²) in [5.74, 6) is -0.0378. The molecule has 31 heavy (non-hydrogen) atoms. The van der Waals surface area contributed by atoms with E-state index in [-0.39, 0.29) is 22.6 Å². The molecule has 0 aliphatic carbocycles. The fourth-order valence-electron chi connectivity index (χ4n) is 3.75. The van der Waals surface area contributed by atoms with Crippen molar-refractivity contribution in [2.45, 2.75) is 44.6 Å². The minimum absolute atomic E-state index is 0.00174. The molecule has 0 atom stereocenters. The minimum Gasteiger partial charge on any atom is -0.352 e. The number of sulfonamides is 1. The van der Waals surface area contributed by atoms with Gasteiger partial charge in [0.2, 0.25) is 21.8 Å². The molecule has 1 aliphatic heterocycles. The number of hydrogen-bond donors (Lipinski definition) is 2. The first-order valence-corrected chi connectivity index (χ1v) is 11.9. The quantitative estimate of drug-likeness (QED) is 0.688. The van der Waals surface area contributed by atoms with Crippen molar-refractivity contribution in [1.82, 2.24) is 9.62 Å². The fraction of sp³-hybridized carbons (Fsp3) is 0.391. The second-order valence-corrected chi connectivity index (χ2v) is 9.90. The van der Waals surface area contributed by atoms with Crippen LogP contribution < -0.4 is 10.6 Å². The molecule has 0 spiro atoms. The monoisotopic (exact) mass is 443 g/mol. The van der Waals surface area contributed by atoms with Crippen molar-refractivity contribution in [2.75, 3.05) is 18.4 Å². The van der Waals surface area contributed by atoms with Gasteiger partial charge in [-0.05, 0) is 61.1 Å². The van der Waals surface area contributed by atoms with E-state index in [0.717, 1.165) is 11.1 Å². The van der Waals surface area contributed by atoms with Crippen molar-refractivity contribution in [3.05, 3.63) is 59.7 Å². The molecular weight excluding hydrogens is 414 g/mol. The smallest absolute Gasteiger partial charge is 0.243 e. The van der Waals surface area contributed by atoms with Gasteiger partial charge < -0.3 is 10.6 Å². The topological polar surface area (TPSA) is 95.6 Å². The van der Waals surface area contributed by atoms with Gasteiger partial charge in [-0.2, -0.15) is 4.31 Å². The summed E-state index contributed by atoms with van der Waals surface area (Å²) in [5, 5.41) is 5.60. The zero-order valence-electron chi connectivity index (χ0n) is 17.9. The van der Waals surface area contributed by atoms with Crippen molar-refractivity contribution in [2.24, 2.45) is 5.92 Å². The minimum atomic E-state index is -3.59. The summed E-state index contributed by atoms with van der Waals surface area (Å²) in [6, 6.07) is 14.1. The van der Waals surface area contributed by atoms with Gasteiger partial charge >= 0.3 is 0 Å². The molecule has 0 saturated carbocycles. The highest BCUT2D eigenvalue weighted by atomic mass is 32.2. The normalized spacial score (nSPS) is 15.4. The Balaban J connectivity index is 1.49. The number of piperidine rings is 1. The van der Waals surface area contributed by atoms with E-state index in [1.54, 1.807) is 12.1 Å². The average Bonchev–Trinajstić information content (AvgIpc) is 2.73. The van der Waals surface area contributed by atoms with Crippen LogP contribution in [0.25, 0.3) is 0 Å². The van der Waals surface area contributed by atoms with Gasteiger partial charge in [0.05, 0.1) is 4.90 Å². The first-order valence-electron chi connectivity index (χ1n) is 10.4. The molecule has 8 heteroatoms. The SMILES string of the molecule is CC(=O)Nc1ccc(S(=O)(=O)N2CCC(CC(=O)NCc3ccccc3C)CC2)cc1. The lowest BCUT2D eigenvalue weighted by atomic mass is 9.94. The van der Waals surface area contributed by atoms with Crippen molar-refractivity contribution in [3.8, 4) is 0 Å². The van der Waals surface area contributed by atoms with Gasteiger partial charge in [0, 0.05) is 38.7 Å². The molecule has 166 valence electrons. The standard InChI is InChI=1S/C23H29N3O4S/c1-17-5-3-4-6-20(17)16-24-23(28)15-19-11-13-26(14-12-19)31(29,30)22-9-7-21(8-10-22)25-18(2)27/h3-10,19H,11-16H2,1-2H3,(H,24,28)(H,25,27). The highest BCUT2D eigenvalue weighted by Gasteiger charge is 2.30. The third-order valence-corrected chi connectivity index (χ3v) is 7.51. The number of anilines is 1. The van der Waals surface area contributed by atoms with Crippen LogP contribution in [0.5, 0.6) is 0 Å². The van der Waals surface area contributed by atoms with E-state index < -0.39 is 10.0 Å². The highest BCUT2D eigenvalue weighted by Crippen LogP contribution is 2.26. The number of rotatable bonds is 7. The van der Waals surface area contributed by atoms with E-state index in [1.165, 1.54) is 23.4 Å². The number of carbonyl (C=O) groups is 2. The molecule has 7 nitrogen and oxygen atoms in total. The van der Waals surface area contributed by atoms with Gasteiger partial charge in [-0.3, -0.25) is 9.59 Å². The lowest BCUT2D eigenvalue weighted by Gasteiger charge is -2.31. The summed E-state index contributed by atoms with van der Waals surface area (Å²) in [6.45, 7) is 4.72. The Morgan fingerprint density at radius 1 is 1.03 bits per heavy atom. The molecule has 2 aromatic carbocycles. The van der Waals surface area contributed by atoms with E-state index in [4.69, 9.17) is 0 Å². The summed E-state index contributed by atoms with van der Waals surface area (Å²) in [7, 11) is -3.59.